The minimum Gasteiger partial charge on any atom is -0.398 e. The summed E-state index contributed by atoms with van der Waals surface area (Å²) in [5.41, 5.74) is 5.40. The number of nitrogens with two attached hydrogens (primary N) is 1. The summed E-state index contributed by atoms with van der Waals surface area (Å²) in [6.07, 6.45) is 1.36. The van der Waals surface area contributed by atoms with E-state index in [0.717, 1.165) is 10.8 Å². The second-order valence-corrected chi connectivity index (χ2v) is 3.20. The second-order valence-electron chi connectivity index (χ2n) is 1.51. The molecule has 3 nitrogen and oxygen atoms in total. The van der Waals surface area contributed by atoms with Gasteiger partial charge in [0.1, 0.15) is 0 Å². The van der Waals surface area contributed by atoms with Crippen molar-refractivity contribution in [3.63, 3.8) is 0 Å². The standard InChI is InChI=1S/C4H5NO2S/c5-4-1-2-8(6,7)3-4/h1-3H,5H2. The van der Waals surface area contributed by atoms with Gasteiger partial charge in [0.2, 0.25) is 0 Å². The molecule has 0 fully saturated rings. The maximum Gasteiger partial charge on any atom is 0.195 e. The normalized spacial score (nSPS) is 23.2. The molecule has 1 aliphatic heterocycles. The average Bonchev–Trinajstić information content (AvgIpc) is 1.82. The van der Waals surface area contributed by atoms with Gasteiger partial charge in [0.15, 0.2) is 9.84 Å². The lowest BCUT2D eigenvalue weighted by Crippen LogP contribution is -1.89. The molecule has 0 radical (unpaired) electrons. The van der Waals surface area contributed by atoms with E-state index in [1.807, 2.05) is 0 Å². The monoisotopic (exact) mass is 131 g/mol. The van der Waals surface area contributed by atoms with Crippen LogP contribution in [0.3, 0.4) is 0 Å². The third-order valence-corrected chi connectivity index (χ3v) is 1.87. The van der Waals surface area contributed by atoms with E-state index in [0.29, 0.717) is 5.70 Å². The van der Waals surface area contributed by atoms with Crippen LogP contribution in [0.5, 0.6) is 0 Å². The van der Waals surface area contributed by atoms with Gasteiger partial charge in [-0.2, -0.15) is 0 Å². The Bertz CT molecular complexity index is 247. The molecule has 8 heavy (non-hydrogen) atoms. The molecule has 0 amide bonds. The van der Waals surface area contributed by atoms with Gasteiger partial charge in [0.05, 0.1) is 5.41 Å². The fourth-order valence-electron chi connectivity index (χ4n) is 0.442. The summed E-state index contributed by atoms with van der Waals surface area (Å²) in [5.74, 6) is 0. The Labute approximate surface area is 47.4 Å². The highest BCUT2D eigenvalue weighted by atomic mass is 32.2. The van der Waals surface area contributed by atoms with Crippen molar-refractivity contribution < 1.29 is 8.42 Å². The average molecular weight is 131 g/mol. The SMILES string of the molecule is NC1=CS(=O)(=O)C=C1. The number of allylic oxidation sites excluding steroid dienone is 1. The molecule has 1 rings (SSSR count). The fourth-order valence-corrected chi connectivity index (χ4v) is 1.32. The number of hydrogen-bond donors (Lipinski definition) is 1. The number of sulfone groups is 1. The van der Waals surface area contributed by atoms with E-state index in [4.69, 9.17) is 5.73 Å². The molecule has 0 saturated heterocycles. The van der Waals surface area contributed by atoms with Gasteiger partial charge in [-0.3, -0.25) is 0 Å². The first-order valence-corrected chi connectivity index (χ1v) is 3.61. The molecule has 44 valence electrons. The van der Waals surface area contributed by atoms with Crippen LogP contribution in [0.1, 0.15) is 0 Å². The van der Waals surface area contributed by atoms with Crippen molar-refractivity contribution in [3.8, 4) is 0 Å². The van der Waals surface area contributed by atoms with Crippen LogP contribution in [0.2, 0.25) is 0 Å². The van der Waals surface area contributed by atoms with Crippen molar-refractivity contribution in [2.24, 2.45) is 5.73 Å². The highest BCUT2D eigenvalue weighted by Gasteiger charge is 2.06. The van der Waals surface area contributed by atoms with E-state index in [1.54, 1.807) is 0 Å². The van der Waals surface area contributed by atoms with E-state index < -0.39 is 9.84 Å². The first-order chi connectivity index (χ1) is 3.60. The van der Waals surface area contributed by atoms with E-state index in [-0.39, 0.29) is 0 Å². The first kappa shape index (κ1) is 5.37. The Morgan fingerprint density at radius 2 is 2.12 bits per heavy atom. The van der Waals surface area contributed by atoms with Gasteiger partial charge in [0, 0.05) is 11.1 Å². The van der Waals surface area contributed by atoms with Gasteiger partial charge in [-0.25, -0.2) is 8.42 Å². The lowest BCUT2D eigenvalue weighted by Gasteiger charge is -1.77. The first-order valence-electron chi connectivity index (χ1n) is 2.00. The molecule has 1 aliphatic rings. The molecule has 0 unspecified atom stereocenters. The molecule has 0 aromatic carbocycles. The van der Waals surface area contributed by atoms with Crippen molar-refractivity contribution in [1.82, 2.24) is 0 Å². The zero-order chi connectivity index (χ0) is 6.20. The summed E-state index contributed by atoms with van der Waals surface area (Å²) < 4.78 is 20.8. The molecule has 0 saturated carbocycles. The highest BCUT2D eigenvalue weighted by Crippen LogP contribution is 2.06. The third-order valence-electron chi connectivity index (χ3n) is 0.751. The fraction of sp³-hybridized carbons (Fsp3) is 0. The number of rotatable bonds is 0. The number of hydrogen-bond acceptors (Lipinski definition) is 3. The predicted molar refractivity (Wildman–Crippen MR) is 30.3 cm³/mol. The third kappa shape index (κ3) is 0.894. The van der Waals surface area contributed by atoms with Crippen molar-refractivity contribution >= 4 is 9.84 Å². The molecular weight excluding hydrogens is 126 g/mol. The molecule has 0 atom stereocenters. The maximum atomic E-state index is 10.4. The minimum atomic E-state index is -3.06. The molecule has 0 bridgehead atoms. The van der Waals surface area contributed by atoms with Crippen LogP contribution < -0.4 is 5.73 Å². The molecule has 0 aromatic heterocycles. The van der Waals surface area contributed by atoms with Crippen LogP contribution in [0.15, 0.2) is 22.6 Å². The van der Waals surface area contributed by atoms with Crippen molar-refractivity contribution in [3.05, 3.63) is 22.6 Å². The van der Waals surface area contributed by atoms with Crippen LogP contribution in [-0.4, -0.2) is 8.42 Å². The summed E-state index contributed by atoms with van der Waals surface area (Å²) in [4.78, 5) is 0. The lowest BCUT2D eigenvalue weighted by molar-refractivity contribution is 0.613. The van der Waals surface area contributed by atoms with Crippen molar-refractivity contribution in [1.29, 1.82) is 0 Å². The van der Waals surface area contributed by atoms with Crippen LogP contribution >= 0.6 is 0 Å². The zero-order valence-electron chi connectivity index (χ0n) is 4.03. The van der Waals surface area contributed by atoms with Gasteiger partial charge in [-0.05, 0) is 6.08 Å². The van der Waals surface area contributed by atoms with Crippen LogP contribution in [-0.2, 0) is 9.84 Å². The smallest absolute Gasteiger partial charge is 0.195 e. The zero-order valence-corrected chi connectivity index (χ0v) is 4.85. The Hall–Kier alpha value is -0.770. The molecule has 2 N–H and O–H groups in total. The van der Waals surface area contributed by atoms with Crippen LogP contribution in [0.25, 0.3) is 0 Å². The Balaban J connectivity index is 3.21. The van der Waals surface area contributed by atoms with E-state index >= 15 is 0 Å². The van der Waals surface area contributed by atoms with E-state index in [9.17, 15) is 8.42 Å². The Morgan fingerprint density at radius 3 is 2.25 bits per heavy atom. The summed E-state index contributed by atoms with van der Waals surface area (Å²) in [7, 11) is -3.06. The van der Waals surface area contributed by atoms with Gasteiger partial charge in [0.25, 0.3) is 0 Å². The molecule has 0 aromatic rings. The van der Waals surface area contributed by atoms with Crippen LogP contribution in [0, 0.1) is 0 Å². The van der Waals surface area contributed by atoms with Gasteiger partial charge >= 0.3 is 0 Å². The van der Waals surface area contributed by atoms with E-state index in [1.165, 1.54) is 6.08 Å². The molecular formula is C4H5NO2S. The lowest BCUT2D eigenvalue weighted by atomic mass is 10.5. The quantitative estimate of drug-likeness (QED) is 0.492. The summed E-state index contributed by atoms with van der Waals surface area (Å²) in [6.45, 7) is 0. The molecule has 1 heterocycles. The van der Waals surface area contributed by atoms with Gasteiger partial charge in [-0.15, -0.1) is 0 Å². The van der Waals surface area contributed by atoms with Crippen molar-refractivity contribution in [2.75, 3.05) is 0 Å². The van der Waals surface area contributed by atoms with E-state index in [2.05, 4.69) is 0 Å². The highest BCUT2D eigenvalue weighted by molar-refractivity contribution is 7.97. The Kier molecular flexibility index (Phi) is 0.907. The second kappa shape index (κ2) is 1.35. The largest absolute Gasteiger partial charge is 0.398 e. The summed E-state index contributed by atoms with van der Waals surface area (Å²) >= 11 is 0. The molecule has 0 aliphatic carbocycles. The Morgan fingerprint density at radius 1 is 1.50 bits per heavy atom. The summed E-state index contributed by atoms with van der Waals surface area (Å²) in [5, 5.41) is 2.09. The van der Waals surface area contributed by atoms with Crippen molar-refractivity contribution in [2.45, 2.75) is 0 Å². The molecule has 0 spiro atoms. The topological polar surface area (TPSA) is 60.2 Å². The summed E-state index contributed by atoms with van der Waals surface area (Å²) in [6, 6.07) is 0. The van der Waals surface area contributed by atoms with Crippen LogP contribution in [0.4, 0.5) is 0 Å². The molecule has 4 heteroatoms. The maximum absolute atomic E-state index is 10.4. The minimum absolute atomic E-state index is 0.296. The predicted octanol–water partition coefficient (Wildman–Crippen LogP) is -0.271. The van der Waals surface area contributed by atoms with Gasteiger partial charge in [-0.1, -0.05) is 0 Å². The van der Waals surface area contributed by atoms with Gasteiger partial charge < -0.3 is 5.73 Å².